The largest absolute Gasteiger partial charge is 0.497 e. The van der Waals surface area contributed by atoms with Gasteiger partial charge in [0.05, 0.1) is 12.7 Å². The van der Waals surface area contributed by atoms with E-state index in [2.05, 4.69) is 15.3 Å². The predicted molar refractivity (Wildman–Crippen MR) is 110 cm³/mol. The number of nitrogens with zero attached hydrogens (tertiary/aromatic N) is 3. The van der Waals surface area contributed by atoms with Crippen LogP contribution in [0.25, 0.3) is 0 Å². The lowest BCUT2D eigenvalue weighted by Gasteiger charge is -2.26. The fourth-order valence-corrected chi connectivity index (χ4v) is 2.74. The molecule has 0 aliphatic rings. The molecule has 28 heavy (non-hydrogen) atoms. The second-order valence-electron chi connectivity index (χ2n) is 6.66. The summed E-state index contributed by atoms with van der Waals surface area (Å²) in [5, 5.41) is 3.11. The highest BCUT2D eigenvalue weighted by molar-refractivity contribution is 5.93. The fourth-order valence-electron chi connectivity index (χ4n) is 2.74. The van der Waals surface area contributed by atoms with Gasteiger partial charge in [-0.05, 0) is 43.7 Å². The van der Waals surface area contributed by atoms with Crippen LogP contribution in [-0.2, 0) is 6.54 Å². The van der Waals surface area contributed by atoms with E-state index in [4.69, 9.17) is 4.74 Å². The number of benzene rings is 2. The molecule has 6 nitrogen and oxygen atoms in total. The molecule has 1 heterocycles. The van der Waals surface area contributed by atoms with Gasteiger partial charge in [-0.1, -0.05) is 30.3 Å². The van der Waals surface area contributed by atoms with Crippen LogP contribution < -0.4 is 10.1 Å². The van der Waals surface area contributed by atoms with Gasteiger partial charge in [0.2, 0.25) is 5.95 Å². The number of amides is 1. The summed E-state index contributed by atoms with van der Waals surface area (Å²) in [6, 6.07) is 17.5. The molecule has 0 radical (unpaired) electrons. The zero-order valence-corrected chi connectivity index (χ0v) is 16.3. The van der Waals surface area contributed by atoms with Gasteiger partial charge in [-0.3, -0.25) is 4.79 Å². The number of hydrogen-bond acceptors (Lipinski definition) is 5. The highest BCUT2D eigenvalue weighted by atomic mass is 16.5. The topological polar surface area (TPSA) is 67.3 Å². The number of rotatable bonds is 7. The van der Waals surface area contributed by atoms with E-state index in [-0.39, 0.29) is 11.9 Å². The van der Waals surface area contributed by atoms with E-state index >= 15 is 0 Å². The molecule has 0 fully saturated rings. The lowest BCUT2D eigenvalue weighted by molar-refractivity contribution is 0.0689. The van der Waals surface area contributed by atoms with Crippen molar-refractivity contribution >= 4 is 17.5 Å². The SMILES string of the molecule is COc1ccc(Nc2ncc(C(=O)N(Cc3ccccc3)C(C)C)cn2)cc1. The minimum absolute atomic E-state index is 0.0600. The number of anilines is 2. The highest BCUT2D eigenvalue weighted by Gasteiger charge is 2.20. The first-order valence-corrected chi connectivity index (χ1v) is 9.15. The Morgan fingerprint density at radius 1 is 1.04 bits per heavy atom. The quantitative estimate of drug-likeness (QED) is 0.667. The molecule has 1 aromatic heterocycles. The second-order valence-corrected chi connectivity index (χ2v) is 6.66. The molecule has 0 spiro atoms. The standard InChI is InChI=1S/C22H24N4O2/c1-16(2)26(15-17-7-5-4-6-8-17)21(27)18-13-23-22(24-14-18)25-19-9-11-20(28-3)12-10-19/h4-14,16H,15H2,1-3H3,(H,23,24,25). The van der Waals surface area contributed by atoms with E-state index in [1.165, 1.54) is 0 Å². The lowest BCUT2D eigenvalue weighted by atomic mass is 10.1. The van der Waals surface area contributed by atoms with Crippen molar-refractivity contribution in [3.8, 4) is 5.75 Å². The summed E-state index contributed by atoms with van der Waals surface area (Å²) in [6.45, 7) is 4.55. The molecule has 2 aromatic carbocycles. The smallest absolute Gasteiger partial charge is 0.257 e. The van der Waals surface area contributed by atoms with Crippen molar-refractivity contribution < 1.29 is 9.53 Å². The number of methoxy groups -OCH3 is 1. The van der Waals surface area contributed by atoms with Gasteiger partial charge < -0.3 is 15.0 Å². The van der Waals surface area contributed by atoms with E-state index in [0.29, 0.717) is 18.1 Å². The molecule has 0 aliphatic carbocycles. The number of carbonyl (C=O) groups excluding carboxylic acids is 1. The van der Waals surface area contributed by atoms with Gasteiger partial charge in [-0.2, -0.15) is 0 Å². The van der Waals surface area contributed by atoms with Crippen LogP contribution >= 0.6 is 0 Å². The zero-order valence-electron chi connectivity index (χ0n) is 16.3. The van der Waals surface area contributed by atoms with Crippen molar-refractivity contribution in [2.75, 3.05) is 12.4 Å². The van der Waals surface area contributed by atoms with Crippen LogP contribution in [0.4, 0.5) is 11.6 Å². The van der Waals surface area contributed by atoms with Gasteiger partial charge in [0.25, 0.3) is 5.91 Å². The van der Waals surface area contributed by atoms with Crippen LogP contribution in [0.15, 0.2) is 67.0 Å². The van der Waals surface area contributed by atoms with Gasteiger partial charge in [0, 0.05) is 30.7 Å². The molecule has 0 bridgehead atoms. The van der Waals surface area contributed by atoms with Crippen molar-refractivity contribution in [1.29, 1.82) is 0 Å². The predicted octanol–water partition coefficient (Wildman–Crippen LogP) is 4.28. The maximum absolute atomic E-state index is 12.9. The lowest BCUT2D eigenvalue weighted by Crippen LogP contribution is -2.36. The summed E-state index contributed by atoms with van der Waals surface area (Å²) in [5.41, 5.74) is 2.39. The van der Waals surface area contributed by atoms with Crippen molar-refractivity contribution in [2.24, 2.45) is 0 Å². The minimum atomic E-state index is -0.0881. The van der Waals surface area contributed by atoms with Crippen LogP contribution in [0.5, 0.6) is 5.75 Å². The van der Waals surface area contributed by atoms with Gasteiger partial charge >= 0.3 is 0 Å². The van der Waals surface area contributed by atoms with Crippen LogP contribution in [0.1, 0.15) is 29.8 Å². The van der Waals surface area contributed by atoms with E-state index in [1.807, 2.05) is 73.3 Å². The molecule has 1 N–H and O–H groups in total. The van der Waals surface area contributed by atoms with Crippen LogP contribution in [0, 0.1) is 0 Å². The first-order valence-electron chi connectivity index (χ1n) is 9.15. The minimum Gasteiger partial charge on any atom is -0.497 e. The van der Waals surface area contributed by atoms with Crippen molar-refractivity contribution in [2.45, 2.75) is 26.4 Å². The third-order valence-electron chi connectivity index (χ3n) is 4.32. The van der Waals surface area contributed by atoms with Gasteiger partial charge in [0.15, 0.2) is 0 Å². The Hall–Kier alpha value is -3.41. The Kier molecular flexibility index (Phi) is 6.22. The summed E-state index contributed by atoms with van der Waals surface area (Å²) >= 11 is 0. The molecular formula is C22H24N4O2. The Bertz CT molecular complexity index is 894. The average Bonchev–Trinajstić information content (AvgIpc) is 2.73. The molecule has 144 valence electrons. The molecular weight excluding hydrogens is 352 g/mol. The summed E-state index contributed by atoms with van der Waals surface area (Å²) in [7, 11) is 1.62. The zero-order chi connectivity index (χ0) is 19.9. The maximum Gasteiger partial charge on any atom is 0.257 e. The number of hydrogen-bond donors (Lipinski definition) is 1. The fraction of sp³-hybridized carbons (Fsp3) is 0.227. The molecule has 6 heteroatoms. The van der Waals surface area contributed by atoms with E-state index in [0.717, 1.165) is 17.0 Å². The van der Waals surface area contributed by atoms with E-state index in [9.17, 15) is 4.79 Å². The van der Waals surface area contributed by atoms with Crippen LogP contribution in [-0.4, -0.2) is 33.9 Å². The highest BCUT2D eigenvalue weighted by Crippen LogP contribution is 2.18. The summed E-state index contributed by atoms with van der Waals surface area (Å²) in [6.07, 6.45) is 3.11. The number of carbonyl (C=O) groups is 1. The van der Waals surface area contributed by atoms with Crippen LogP contribution in [0.2, 0.25) is 0 Å². The summed E-state index contributed by atoms with van der Waals surface area (Å²) in [5.74, 6) is 1.12. The van der Waals surface area contributed by atoms with E-state index < -0.39 is 0 Å². The molecule has 0 unspecified atom stereocenters. The maximum atomic E-state index is 12.9. The number of ether oxygens (including phenoxy) is 1. The molecule has 0 atom stereocenters. The number of aromatic nitrogens is 2. The van der Waals surface area contributed by atoms with E-state index in [1.54, 1.807) is 19.5 Å². The van der Waals surface area contributed by atoms with Crippen molar-refractivity contribution in [3.05, 3.63) is 78.1 Å². The van der Waals surface area contributed by atoms with Gasteiger partial charge in [-0.15, -0.1) is 0 Å². The molecule has 3 aromatic rings. The third kappa shape index (κ3) is 4.85. The Labute approximate surface area is 165 Å². The summed E-state index contributed by atoms with van der Waals surface area (Å²) < 4.78 is 5.14. The molecule has 0 saturated heterocycles. The first kappa shape index (κ1) is 19.4. The van der Waals surface area contributed by atoms with Crippen molar-refractivity contribution in [1.82, 2.24) is 14.9 Å². The first-order chi connectivity index (χ1) is 13.6. The summed E-state index contributed by atoms with van der Waals surface area (Å²) in [4.78, 5) is 23.3. The second kappa shape index (κ2) is 8.99. The van der Waals surface area contributed by atoms with Gasteiger partial charge in [-0.25, -0.2) is 9.97 Å². The Morgan fingerprint density at radius 2 is 1.68 bits per heavy atom. The van der Waals surface area contributed by atoms with Gasteiger partial charge in [0.1, 0.15) is 5.75 Å². The molecule has 3 rings (SSSR count). The molecule has 0 aliphatic heterocycles. The third-order valence-corrected chi connectivity index (χ3v) is 4.32. The Balaban J connectivity index is 1.70. The molecule has 1 amide bonds. The number of nitrogens with one attached hydrogen (secondary N) is 1. The normalized spacial score (nSPS) is 10.6. The van der Waals surface area contributed by atoms with Crippen LogP contribution in [0.3, 0.4) is 0 Å². The average molecular weight is 376 g/mol. The molecule has 0 saturated carbocycles. The monoisotopic (exact) mass is 376 g/mol. The van der Waals surface area contributed by atoms with Crippen molar-refractivity contribution in [3.63, 3.8) is 0 Å². The Morgan fingerprint density at radius 3 is 2.25 bits per heavy atom.